The molecule has 5 nitrogen and oxygen atoms in total. The van der Waals surface area contributed by atoms with Gasteiger partial charge in [-0.25, -0.2) is 9.18 Å². The van der Waals surface area contributed by atoms with Crippen LogP contribution >= 0.6 is 0 Å². The van der Waals surface area contributed by atoms with Gasteiger partial charge in [-0.2, -0.15) is 0 Å². The van der Waals surface area contributed by atoms with Gasteiger partial charge in [-0.1, -0.05) is 13.3 Å². The summed E-state index contributed by atoms with van der Waals surface area (Å²) in [5.41, 5.74) is 0.591. The van der Waals surface area contributed by atoms with Crippen LogP contribution in [0, 0.1) is 5.82 Å². The van der Waals surface area contributed by atoms with Crippen LogP contribution in [0.2, 0.25) is 0 Å². The van der Waals surface area contributed by atoms with Crippen LogP contribution < -0.4 is 10.1 Å². The smallest absolute Gasteiger partial charge is 0.344 e. The van der Waals surface area contributed by atoms with Crippen molar-refractivity contribution in [3.63, 3.8) is 0 Å². The van der Waals surface area contributed by atoms with Gasteiger partial charge in [-0.05, 0) is 24.6 Å². The SMILES string of the molecule is CCCC(Oc1ccc(F)cc1CNCCOC)C(=O)O. The van der Waals surface area contributed by atoms with Crippen LogP contribution in [-0.4, -0.2) is 37.4 Å². The van der Waals surface area contributed by atoms with E-state index in [1.807, 2.05) is 6.92 Å². The van der Waals surface area contributed by atoms with E-state index in [-0.39, 0.29) is 5.82 Å². The molecule has 0 fully saturated rings. The molecule has 0 aliphatic heterocycles. The van der Waals surface area contributed by atoms with Crippen LogP contribution in [0.1, 0.15) is 25.3 Å². The fourth-order valence-electron chi connectivity index (χ4n) is 1.85. The number of methoxy groups -OCH3 is 1. The third-order valence-electron chi connectivity index (χ3n) is 2.92. The van der Waals surface area contributed by atoms with Crippen molar-refractivity contribution < 1.29 is 23.8 Å². The number of aliphatic carboxylic acids is 1. The highest BCUT2D eigenvalue weighted by Crippen LogP contribution is 2.22. The third-order valence-corrected chi connectivity index (χ3v) is 2.92. The molecule has 0 bridgehead atoms. The molecule has 1 atom stereocenters. The highest BCUT2D eigenvalue weighted by Gasteiger charge is 2.19. The predicted octanol–water partition coefficient (Wildman–Crippen LogP) is 2.19. The van der Waals surface area contributed by atoms with Crippen LogP contribution in [0.3, 0.4) is 0 Å². The van der Waals surface area contributed by atoms with Crippen molar-refractivity contribution in [3.8, 4) is 5.75 Å². The number of hydrogen-bond donors (Lipinski definition) is 2. The van der Waals surface area contributed by atoms with E-state index in [2.05, 4.69) is 5.32 Å². The Bertz CT molecular complexity index is 453. The van der Waals surface area contributed by atoms with Crippen molar-refractivity contribution in [2.75, 3.05) is 20.3 Å². The van der Waals surface area contributed by atoms with E-state index in [1.54, 1.807) is 7.11 Å². The van der Waals surface area contributed by atoms with Gasteiger partial charge in [0.05, 0.1) is 6.61 Å². The van der Waals surface area contributed by atoms with Gasteiger partial charge in [-0.3, -0.25) is 0 Å². The first kappa shape index (κ1) is 17.4. The van der Waals surface area contributed by atoms with Crippen molar-refractivity contribution in [1.82, 2.24) is 5.32 Å². The Morgan fingerprint density at radius 3 is 2.86 bits per heavy atom. The van der Waals surface area contributed by atoms with Crippen LogP contribution in [0.4, 0.5) is 4.39 Å². The zero-order chi connectivity index (χ0) is 15.7. The maximum Gasteiger partial charge on any atom is 0.344 e. The number of carboxylic acid groups (broad SMARTS) is 1. The Labute approximate surface area is 124 Å². The molecule has 21 heavy (non-hydrogen) atoms. The Morgan fingerprint density at radius 2 is 2.24 bits per heavy atom. The fraction of sp³-hybridized carbons (Fsp3) is 0.533. The second kappa shape index (κ2) is 9.31. The lowest BCUT2D eigenvalue weighted by Crippen LogP contribution is -2.27. The topological polar surface area (TPSA) is 67.8 Å². The predicted molar refractivity (Wildman–Crippen MR) is 76.9 cm³/mol. The van der Waals surface area contributed by atoms with Crippen molar-refractivity contribution in [2.45, 2.75) is 32.4 Å². The second-order valence-corrected chi connectivity index (χ2v) is 4.66. The quantitative estimate of drug-likeness (QED) is 0.648. The Balaban J connectivity index is 2.77. The molecule has 118 valence electrons. The number of benzene rings is 1. The van der Waals surface area contributed by atoms with Crippen LogP contribution in [-0.2, 0) is 16.1 Å². The van der Waals surface area contributed by atoms with Crippen molar-refractivity contribution >= 4 is 5.97 Å². The minimum Gasteiger partial charge on any atom is -0.479 e. The first-order chi connectivity index (χ1) is 10.1. The molecular weight excluding hydrogens is 277 g/mol. The summed E-state index contributed by atoms with van der Waals surface area (Å²) in [4.78, 5) is 11.1. The number of rotatable bonds is 10. The zero-order valence-corrected chi connectivity index (χ0v) is 12.4. The van der Waals surface area contributed by atoms with E-state index < -0.39 is 12.1 Å². The molecule has 0 aliphatic carbocycles. The number of halogens is 1. The number of hydrogen-bond acceptors (Lipinski definition) is 4. The zero-order valence-electron chi connectivity index (χ0n) is 12.4. The summed E-state index contributed by atoms with van der Waals surface area (Å²) in [6.07, 6.45) is 0.182. The molecule has 1 aromatic carbocycles. The van der Waals surface area contributed by atoms with Crippen LogP contribution in [0.15, 0.2) is 18.2 Å². The molecule has 6 heteroatoms. The molecule has 0 saturated heterocycles. The molecule has 0 saturated carbocycles. The lowest BCUT2D eigenvalue weighted by molar-refractivity contribution is -0.145. The molecular formula is C15H22FNO4. The van der Waals surface area contributed by atoms with E-state index in [9.17, 15) is 9.18 Å². The molecule has 2 N–H and O–H groups in total. The van der Waals surface area contributed by atoms with E-state index in [4.69, 9.17) is 14.6 Å². The molecule has 1 aromatic rings. The molecule has 0 amide bonds. The fourth-order valence-corrected chi connectivity index (χ4v) is 1.85. The van der Waals surface area contributed by atoms with Crippen molar-refractivity contribution in [2.24, 2.45) is 0 Å². The third kappa shape index (κ3) is 6.10. The monoisotopic (exact) mass is 299 g/mol. The Kier molecular flexibility index (Phi) is 7.71. The van der Waals surface area contributed by atoms with Gasteiger partial charge >= 0.3 is 5.97 Å². The first-order valence-corrected chi connectivity index (χ1v) is 6.96. The average Bonchev–Trinajstić information content (AvgIpc) is 2.45. The molecule has 0 heterocycles. The van der Waals surface area contributed by atoms with Gasteiger partial charge in [0.15, 0.2) is 6.10 Å². The lowest BCUT2D eigenvalue weighted by Gasteiger charge is -2.17. The second-order valence-electron chi connectivity index (χ2n) is 4.66. The highest BCUT2D eigenvalue weighted by atomic mass is 19.1. The maximum absolute atomic E-state index is 13.3. The molecule has 0 aliphatic rings. The van der Waals surface area contributed by atoms with Crippen LogP contribution in [0.5, 0.6) is 5.75 Å². The number of carbonyl (C=O) groups is 1. The largest absolute Gasteiger partial charge is 0.479 e. The van der Waals surface area contributed by atoms with Gasteiger partial charge in [-0.15, -0.1) is 0 Å². The summed E-state index contributed by atoms with van der Waals surface area (Å²) in [6, 6.07) is 4.08. The molecule has 1 rings (SSSR count). The van der Waals surface area contributed by atoms with Gasteiger partial charge in [0.2, 0.25) is 0 Å². The molecule has 0 radical (unpaired) electrons. The van der Waals surface area contributed by atoms with E-state index in [1.165, 1.54) is 18.2 Å². The molecule has 0 aromatic heterocycles. The standard InChI is InChI=1S/C15H22FNO4/c1-3-4-14(15(18)19)21-13-6-5-12(16)9-11(13)10-17-7-8-20-2/h5-6,9,14,17H,3-4,7-8,10H2,1-2H3,(H,18,19). The van der Waals surface area contributed by atoms with Crippen LogP contribution in [0.25, 0.3) is 0 Å². The summed E-state index contributed by atoms with van der Waals surface area (Å²) in [7, 11) is 1.60. The number of carboxylic acids is 1. The summed E-state index contributed by atoms with van der Waals surface area (Å²) < 4.78 is 23.8. The van der Waals surface area contributed by atoms with Gasteiger partial charge in [0, 0.05) is 25.8 Å². The minimum absolute atomic E-state index is 0.381. The Morgan fingerprint density at radius 1 is 1.48 bits per heavy atom. The summed E-state index contributed by atoms with van der Waals surface area (Å²) in [6.45, 7) is 3.43. The van der Waals surface area contributed by atoms with E-state index in [0.717, 1.165) is 0 Å². The summed E-state index contributed by atoms with van der Waals surface area (Å²) in [5.74, 6) is -1.00. The van der Waals surface area contributed by atoms with E-state index >= 15 is 0 Å². The van der Waals surface area contributed by atoms with Gasteiger partial charge < -0.3 is 19.9 Å². The minimum atomic E-state index is -1.01. The van der Waals surface area contributed by atoms with Crippen molar-refractivity contribution in [3.05, 3.63) is 29.6 Å². The first-order valence-electron chi connectivity index (χ1n) is 6.96. The van der Waals surface area contributed by atoms with Crippen molar-refractivity contribution in [1.29, 1.82) is 0 Å². The van der Waals surface area contributed by atoms with Gasteiger partial charge in [0.1, 0.15) is 11.6 Å². The molecule has 1 unspecified atom stereocenters. The molecule has 0 spiro atoms. The normalized spacial score (nSPS) is 12.1. The Hall–Kier alpha value is -1.66. The summed E-state index contributed by atoms with van der Waals surface area (Å²) >= 11 is 0. The maximum atomic E-state index is 13.3. The summed E-state index contributed by atoms with van der Waals surface area (Å²) in [5, 5.41) is 12.2. The number of ether oxygens (including phenoxy) is 2. The van der Waals surface area contributed by atoms with E-state index in [0.29, 0.717) is 43.9 Å². The highest BCUT2D eigenvalue weighted by molar-refractivity contribution is 5.72. The van der Waals surface area contributed by atoms with Gasteiger partial charge in [0.25, 0.3) is 0 Å². The average molecular weight is 299 g/mol. The lowest BCUT2D eigenvalue weighted by atomic mass is 10.1. The number of nitrogens with one attached hydrogen (secondary N) is 1.